The Hall–Kier alpha value is -4.27. The summed E-state index contributed by atoms with van der Waals surface area (Å²) in [6.07, 6.45) is 5.04. The molecule has 0 aliphatic rings. The zero-order valence-corrected chi connectivity index (χ0v) is 18.9. The number of aliphatic carboxylic acids is 2. The molecule has 2 heterocycles. The predicted octanol–water partition coefficient (Wildman–Crippen LogP) is -2.33. The van der Waals surface area contributed by atoms with Crippen molar-refractivity contribution in [2.75, 3.05) is 0 Å². The van der Waals surface area contributed by atoms with Crippen LogP contribution in [0.1, 0.15) is 31.2 Å². The summed E-state index contributed by atoms with van der Waals surface area (Å²) in [5.41, 5.74) is 6.94. The van der Waals surface area contributed by atoms with Gasteiger partial charge in [0.2, 0.25) is 17.7 Å². The van der Waals surface area contributed by atoms with E-state index in [1.165, 1.54) is 32.0 Å². The van der Waals surface area contributed by atoms with Crippen molar-refractivity contribution >= 4 is 29.7 Å². The van der Waals surface area contributed by atoms with Gasteiger partial charge in [0, 0.05) is 43.0 Å². The van der Waals surface area contributed by atoms with Crippen LogP contribution in [-0.4, -0.2) is 84.0 Å². The third kappa shape index (κ3) is 8.88. The van der Waals surface area contributed by atoms with Crippen LogP contribution in [0.15, 0.2) is 25.0 Å². The number of nitrogens with two attached hydrogens (primary N) is 1. The Morgan fingerprint density at radius 1 is 0.886 bits per heavy atom. The van der Waals surface area contributed by atoms with Crippen molar-refractivity contribution in [3.05, 3.63) is 36.4 Å². The van der Waals surface area contributed by atoms with E-state index in [0.717, 1.165) is 0 Å². The van der Waals surface area contributed by atoms with Crippen LogP contribution in [-0.2, 0) is 36.8 Å². The Bertz CT molecular complexity index is 1010. The lowest BCUT2D eigenvalue weighted by Gasteiger charge is -2.23. The van der Waals surface area contributed by atoms with Crippen LogP contribution in [0.2, 0.25) is 0 Å². The summed E-state index contributed by atoms with van der Waals surface area (Å²) in [5.74, 6) is -4.79. The summed E-state index contributed by atoms with van der Waals surface area (Å²) in [5, 5.41) is 25.5. The van der Waals surface area contributed by atoms with E-state index < -0.39 is 60.2 Å². The summed E-state index contributed by atoms with van der Waals surface area (Å²) < 4.78 is 0. The van der Waals surface area contributed by atoms with E-state index in [-0.39, 0.29) is 19.3 Å². The number of hydrogen-bond donors (Lipinski definition) is 8. The second-order valence-electron chi connectivity index (χ2n) is 7.79. The predicted molar refractivity (Wildman–Crippen MR) is 119 cm³/mol. The molecule has 0 saturated carbocycles. The standard InChI is InChI=1S/C20H28N8O7/c1-10(17(31)28-15(20(34)35)5-12-7-23-9-25-12)26-19(33)14(2-3-16(29)30)27-18(32)13(21)4-11-6-22-8-24-11/h6-10,13-15H,2-5,21H2,1H3,(H,22,24)(H,23,25)(H,26,33)(H,27,32)(H,28,31)(H,29,30)(H,34,35). The second kappa shape index (κ2) is 12.8. The Kier molecular flexibility index (Phi) is 9.89. The van der Waals surface area contributed by atoms with E-state index in [0.29, 0.717) is 11.4 Å². The molecule has 0 spiro atoms. The van der Waals surface area contributed by atoms with Crippen LogP contribution in [0.4, 0.5) is 0 Å². The van der Waals surface area contributed by atoms with E-state index in [1.54, 1.807) is 0 Å². The van der Waals surface area contributed by atoms with Crippen molar-refractivity contribution < 1.29 is 34.2 Å². The molecule has 4 unspecified atom stereocenters. The molecule has 0 fully saturated rings. The molecule has 4 atom stereocenters. The number of carboxylic acids is 2. The van der Waals surface area contributed by atoms with Gasteiger partial charge in [-0.05, 0) is 13.3 Å². The number of nitrogens with one attached hydrogen (secondary N) is 5. The van der Waals surface area contributed by atoms with Crippen molar-refractivity contribution in [3.8, 4) is 0 Å². The van der Waals surface area contributed by atoms with E-state index >= 15 is 0 Å². The maximum absolute atomic E-state index is 12.7. The number of aromatic amines is 2. The van der Waals surface area contributed by atoms with Crippen LogP contribution < -0.4 is 21.7 Å². The summed E-state index contributed by atoms with van der Waals surface area (Å²) in [6.45, 7) is 1.32. The van der Waals surface area contributed by atoms with Gasteiger partial charge < -0.3 is 41.9 Å². The van der Waals surface area contributed by atoms with Crippen LogP contribution in [0.3, 0.4) is 0 Å². The van der Waals surface area contributed by atoms with Gasteiger partial charge in [-0.2, -0.15) is 0 Å². The zero-order valence-electron chi connectivity index (χ0n) is 18.9. The van der Waals surface area contributed by atoms with Gasteiger partial charge in [0.25, 0.3) is 0 Å². The number of nitrogens with zero attached hydrogens (tertiary/aromatic N) is 2. The van der Waals surface area contributed by atoms with Crippen LogP contribution >= 0.6 is 0 Å². The number of carbonyl (C=O) groups excluding carboxylic acids is 3. The third-order valence-electron chi connectivity index (χ3n) is 4.96. The van der Waals surface area contributed by atoms with Gasteiger partial charge in [-0.25, -0.2) is 14.8 Å². The van der Waals surface area contributed by atoms with Gasteiger partial charge >= 0.3 is 11.9 Å². The Morgan fingerprint density at radius 2 is 1.46 bits per heavy atom. The van der Waals surface area contributed by atoms with Gasteiger partial charge in [0.1, 0.15) is 18.1 Å². The first-order valence-corrected chi connectivity index (χ1v) is 10.6. The molecule has 0 saturated heterocycles. The molecule has 2 rings (SSSR count). The number of amides is 3. The van der Waals surface area contributed by atoms with E-state index in [4.69, 9.17) is 10.8 Å². The normalized spacial score (nSPS) is 14.2. The number of hydrogen-bond acceptors (Lipinski definition) is 8. The fourth-order valence-electron chi connectivity index (χ4n) is 3.03. The molecular formula is C20H28N8O7. The highest BCUT2D eigenvalue weighted by Crippen LogP contribution is 2.03. The highest BCUT2D eigenvalue weighted by Gasteiger charge is 2.29. The molecule has 190 valence electrons. The molecule has 0 bridgehead atoms. The fraction of sp³-hybridized carbons (Fsp3) is 0.450. The SMILES string of the molecule is CC(NC(=O)C(CCC(=O)O)NC(=O)C(N)Cc1cnc[nH]1)C(=O)NC(Cc1cnc[nH]1)C(=O)O. The van der Waals surface area contributed by atoms with Gasteiger partial charge in [-0.15, -0.1) is 0 Å². The third-order valence-corrected chi connectivity index (χ3v) is 4.96. The van der Waals surface area contributed by atoms with E-state index in [2.05, 4.69) is 35.9 Å². The molecule has 0 radical (unpaired) electrons. The molecule has 0 aromatic carbocycles. The van der Waals surface area contributed by atoms with Crippen molar-refractivity contribution in [2.24, 2.45) is 5.73 Å². The lowest BCUT2D eigenvalue weighted by molar-refractivity contribution is -0.142. The fourth-order valence-corrected chi connectivity index (χ4v) is 3.03. The van der Waals surface area contributed by atoms with E-state index in [9.17, 15) is 29.1 Å². The molecule has 0 aliphatic heterocycles. The lowest BCUT2D eigenvalue weighted by atomic mass is 10.1. The minimum Gasteiger partial charge on any atom is -0.481 e. The molecular weight excluding hydrogens is 464 g/mol. The van der Waals surface area contributed by atoms with Crippen LogP contribution in [0.25, 0.3) is 0 Å². The first-order chi connectivity index (χ1) is 16.6. The van der Waals surface area contributed by atoms with Gasteiger partial charge in [-0.1, -0.05) is 0 Å². The lowest BCUT2D eigenvalue weighted by Crippen LogP contribution is -2.56. The average Bonchev–Trinajstić information content (AvgIpc) is 3.49. The molecule has 15 heteroatoms. The Balaban J connectivity index is 1.98. The van der Waals surface area contributed by atoms with Crippen molar-refractivity contribution in [2.45, 2.75) is 56.8 Å². The largest absolute Gasteiger partial charge is 0.481 e. The molecule has 3 amide bonds. The first-order valence-electron chi connectivity index (χ1n) is 10.6. The quantitative estimate of drug-likeness (QED) is 0.140. The maximum Gasteiger partial charge on any atom is 0.326 e. The number of rotatable bonds is 14. The summed E-state index contributed by atoms with van der Waals surface area (Å²) in [4.78, 5) is 73.3. The van der Waals surface area contributed by atoms with Crippen LogP contribution in [0, 0.1) is 0 Å². The van der Waals surface area contributed by atoms with Gasteiger partial charge in [-0.3, -0.25) is 19.2 Å². The second-order valence-corrected chi connectivity index (χ2v) is 7.79. The topological polar surface area (TPSA) is 245 Å². The monoisotopic (exact) mass is 492 g/mol. The molecule has 35 heavy (non-hydrogen) atoms. The Morgan fingerprint density at radius 3 is 1.97 bits per heavy atom. The first kappa shape index (κ1) is 27.0. The number of carbonyl (C=O) groups is 5. The number of aromatic nitrogens is 4. The zero-order chi connectivity index (χ0) is 26.0. The molecule has 0 aliphatic carbocycles. The van der Waals surface area contributed by atoms with Gasteiger partial charge in [0.05, 0.1) is 18.7 Å². The maximum atomic E-state index is 12.7. The van der Waals surface area contributed by atoms with Crippen molar-refractivity contribution in [3.63, 3.8) is 0 Å². The average molecular weight is 492 g/mol. The number of imidazole rings is 2. The summed E-state index contributed by atoms with van der Waals surface area (Å²) in [6, 6.07) is -4.81. The highest BCUT2D eigenvalue weighted by molar-refractivity contribution is 5.94. The highest BCUT2D eigenvalue weighted by atomic mass is 16.4. The molecule has 15 nitrogen and oxygen atoms in total. The Labute approximate surface area is 199 Å². The molecule has 9 N–H and O–H groups in total. The number of H-pyrrole nitrogens is 2. The summed E-state index contributed by atoms with van der Waals surface area (Å²) in [7, 11) is 0. The number of carboxylic acid groups (broad SMARTS) is 2. The minimum absolute atomic E-state index is 0.0622. The van der Waals surface area contributed by atoms with E-state index in [1.807, 2.05) is 0 Å². The summed E-state index contributed by atoms with van der Waals surface area (Å²) >= 11 is 0. The minimum atomic E-state index is -1.29. The van der Waals surface area contributed by atoms with Gasteiger partial charge in [0.15, 0.2) is 0 Å². The molecule has 2 aromatic rings. The van der Waals surface area contributed by atoms with Crippen molar-refractivity contribution in [1.82, 2.24) is 35.9 Å². The smallest absolute Gasteiger partial charge is 0.326 e. The van der Waals surface area contributed by atoms with Crippen LogP contribution in [0.5, 0.6) is 0 Å². The molecule has 2 aromatic heterocycles. The van der Waals surface area contributed by atoms with Crippen molar-refractivity contribution in [1.29, 1.82) is 0 Å².